The van der Waals surface area contributed by atoms with Gasteiger partial charge in [-0.15, -0.1) is 11.3 Å². The van der Waals surface area contributed by atoms with Crippen LogP contribution in [-0.2, 0) is 16.6 Å². The van der Waals surface area contributed by atoms with Crippen LogP contribution in [0.15, 0.2) is 40.6 Å². The standard InChI is InChI=1S/C16H17N3O3S2/c1-10-3-4-11-8-14(19-13(11)7-10)16(20)18-9-12-5-6-15(23-12)24(21,22)17-2/h3-8,17,19H,9H2,1-2H3,(H,18,20). The maximum atomic E-state index is 12.3. The molecule has 8 heteroatoms. The first-order valence-corrected chi connectivity index (χ1v) is 9.59. The highest BCUT2D eigenvalue weighted by Crippen LogP contribution is 2.21. The lowest BCUT2D eigenvalue weighted by atomic mass is 10.2. The van der Waals surface area contributed by atoms with E-state index in [1.807, 2.05) is 25.1 Å². The Balaban J connectivity index is 1.71. The van der Waals surface area contributed by atoms with E-state index in [1.54, 1.807) is 12.1 Å². The molecule has 3 aromatic rings. The van der Waals surface area contributed by atoms with Crippen molar-refractivity contribution < 1.29 is 13.2 Å². The number of hydrogen-bond donors (Lipinski definition) is 3. The third-order valence-corrected chi connectivity index (χ3v) is 6.61. The number of aryl methyl sites for hydroxylation is 1. The van der Waals surface area contributed by atoms with Gasteiger partial charge in [0.05, 0.1) is 6.54 Å². The van der Waals surface area contributed by atoms with E-state index in [4.69, 9.17) is 0 Å². The Morgan fingerprint density at radius 2 is 2.00 bits per heavy atom. The number of amides is 1. The van der Waals surface area contributed by atoms with E-state index in [-0.39, 0.29) is 16.7 Å². The first-order valence-electron chi connectivity index (χ1n) is 7.29. The van der Waals surface area contributed by atoms with Gasteiger partial charge in [0, 0.05) is 15.8 Å². The Hall–Kier alpha value is -2.16. The summed E-state index contributed by atoms with van der Waals surface area (Å²) in [5, 5.41) is 3.77. The van der Waals surface area contributed by atoms with Crippen molar-refractivity contribution in [3.05, 3.63) is 52.5 Å². The summed E-state index contributed by atoms with van der Waals surface area (Å²) >= 11 is 1.13. The molecule has 1 amide bonds. The molecule has 0 aliphatic rings. The van der Waals surface area contributed by atoms with Gasteiger partial charge >= 0.3 is 0 Å². The number of thiophene rings is 1. The lowest BCUT2D eigenvalue weighted by Gasteiger charge is -2.01. The number of aromatic amines is 1. The summed E-state index contributed by atoms with van der Waals surface area (Å²) in [5.41, 5.74) is 2.52. The summed E-state index contributed by atoms with van der Waals surface area (Å²) in [6.07, 6.45) is 0. The van der Waals surface area contributed by atoms with Gasteiger partial charge in [0.15, 0.2) is 0 Å². The highest BCUT2D eigenvalue weighted by Gasteiger charge is 2.15. The van der Waals surface area contributed by atoms with Gasteiger partial charge in [-0.2, -0.15) is 0 Å². The Bertz CT molecular complexity index is 1000. The lowest BCUT2D eigenvalue weighted by Crippen LogP contribution is -2.22. The maximum Gasteiger partial charge on any atom is 0.268 e. The van der Waals surface area contributed by atoms with Crippen LogP contribution in [0.1, 0.15) is 20.9 Å². The fourth-order valence-corrected chi connectivity index (χ4v) is 4.46. The maximum absolute atomic E-state index is 12.3. The number of H-pyrrole nitrogens is 1. The molecule has 0 atom stereocenters. The van der Waals surface area contributed by atoms with Gasteiger partial charge < -0.3 is 10.3 Å². The predicted molar refractivity (Wildman–Crippen MR) is 94.8 cm³/mol. The Morgan fingerprint density at radius 1 is 1.21 bits per heavy atom. The van der Waals surface area contributed by atoms with E-state index in [2.05, 4.69) is 15.0 Å². The van der Waals surface area contributed by atoms with Gasteiger partial charge in [-0.05, 0) is 43.8 Å². The molecule has 0 bridgehead atoms. The van der Waals surface area contributed by atoms with Crippen LogP contribution in [0.5, 0.6) is 0 Å². The number of sulfonamides is 1. The number of carbonyl (C=O) groups is 1. The van der Waals surface area contributed by atoms with Crippen LogP contribution in [0.3, 0.4) is 0 Å². The fourth-order valence-electron chi connectivity index (χ4n) is 2.32. The molecule has 2 aromatic heterocycles. The van der Waals surface area contributed by atoms with Crippen molar-refractivity contribution in [2.45, 2.75) is 17.7 Å². The van der Waals surface area contributed by atoms with Gasteiger partial charge in [0.1, 0.15) is 9.90 Å². The number of nitrogens with one attached hydrogen (secondary N) is 3. The second-order valence-electron chi connectivity index (χ2n) is 5.38. The molecule has 0 spiro atoms. The molecule has 1 aromatic carbocycles. The summed E-state index contributed by atoms with van der Waals surface area (Å²) in [7, 11) is -2.07. The SMILES string of the molecule is CNS(=O)(=O)c1ccc(CNC(=O)c2cc3ccc(C)cc3[nH]2)s1. The summed E-state index contributed by atoms with van der Waals surface area (Å²) in [4.78, 5) is 16.1. The van der Waals surface area contributed by atoms with Crippen LogP contribution in [0, 0.1) is 6.92 Å². The van der Waals surface area contributed by atoms with Crippen molar-refractivity contribution in [2.75, 3.05) is 7.05 Å². The molecule has 0 saturated heterocycles. The Labute approximate surface area is 144 Å². The zero-order valence-corrected chi connectivity index (χ0v) is 14.8. The molecule has 0 radical (unpaired) electrons. The molecular formula is C16H17N3O3S2. The van der Waals surface area contributed by atoms with Gasteiger partial charge in [-0.25, -0.2) is 13.1 Å². The molecule has 2 heterocycles. The predicted octanol–water partition coefficient (Wildman–Crippen LogP) is 2.38. The molecule has 3 rings (SSSR count). The monoisotopic (exact) mass is 363 g/mol. The summed E-state index contributed by atoms with van der Waals surface area (Å²) < 4.78 is 25.9. The number of rotatable bonds is 5. The van der Waals surface area contributed by atoms with E-state index < -0.39 is 10.0 Å². The van der Waals surface area contributed by atoms with Gasteiger partial charge in [-0.1, -0.05) is 12.1 Å². The summed E-state index contributed by atoms with van der Waals surface area (Å²) in [6.45, 7) is 2.27. The normalized spacial score (nSPS) is 11.8. The molecule has 0 saturated carbocycles. The third kappa shape index (κ3) is 3.35. The van der Waals surface area contributed by atoms with Crippen LogP contribution in [0.25, 0.3) is 10.9 Å². The van der Waals surface area contributed by atoms with Crippen molar-refractivity contribution >= 4 is 38.2 Å². The van der Waals surface area contributed by atoms with Crippen molar-refractivity contribution in [1.29, 1.82) is 0 Å². The van der Waals surface area contributed by atoms with E-state index >= 15 is 0 Å². The van der Waals surface area contributed by atoms with E-state index in [1.165, 1.54) is 13.1 Å². The first kappa shape index (κ1) is 16.7. The summed E-state index contributed by atoms with van der Waals surface area (Å²) in [5.74, 6) is -0.227. The molecule has 0 aliphatic carbocycles. The highest BCUT2D eigenvalue weighted by atomic mass is 32.2. The van der Waals surface area contributed by atoms with Gasteiger partial charge in [-0.3, -0.25) is 4.79 Å². The zero-order chi connectivity index (χ0) is 17.3. The minimum absolute atomic E-state index is 0.227. The van der Waals surface area contributed by atoms with E-state index in [0.29, 0.717) is 5.69 Å². The van der Waals surface area contributed by atoms with Crippen molar-refractivity contribution in [1.82, 2.24) is 15.0 Å². The number of fused-ring (bicyclic) bond motifs is 1. The molecule has 3 N–H and O–H groups in total. The molecule has 0 fully saturated rings. The van der Waals surface area contributed by atoms with Crippen molar-refractivity contribution in [3.8, 4) is 0 Å². The quantitative estimate of drug-likeness (QED) is 0.650. The van der Waals surface area contributed by atoms with E-state index in [9.17, 15) is 13.2 Å². The van der Waals surface area contributed by atoms with Crippen LogP contribution in [-0.4, -0.2) is 26.4 Å². The summed E-state index contributed by atoms with van der Waals surface area (Å²) in [6, 6.07) is 11.0. The number of benzene rings is 1. The average molecular weight is 363 g/mol. The number of aromatic nitrogens is 1. The second-order valence-corrected chi connectivity index (χ2v) is 8.67. The number of carbonyl (C=O) groups excluding carboxylic acids is 1. The van der Waals surface area contributed by atoms with Crippen molar-refractivity contribution in [2.24, 2.45) is 0 Å². The molecule has 126 valence electrons. The largest absolute Gasteiger partial charge is 0.351 e. The molecular weight excluding hydrogens is 346 g/mol. The van der Waals surface area contributed by atoms with E-state index in [0.717, 1.165) is 32.7 Å². The lowest BCUT2D eigenvalue weighted by molar-refractivity contribution is 0.0947. The van der Waals surface area contributed by atoms with Gasteiger partial charge in [0.2, 0.25) is 10.0 Å². The van der Waals surface area contributed by atoms with Crippen LogP contribution >= 0.6 is 11.3 Å². The third-order valence-electron chi connectivity index (χ3n) is 3.62. The van der Waals surface area contributed by atoms with Crippen LogP contribution in [0.2, 0.25) is 0 Å². The topological polar surface area (TPSA) is 91.1 Å². The second kappa shape index (κ2) is 6.39. The molecule has 0 aliphatic heterocycles. The minimum atomic E-state index is -3.44. The fraction of sp³-hybridized carbons (Fsp3) is 0.188. The first-order chi connectivity index (χ1) is 11.4. The number of hydrogen-bond acceptors (Lipinski definition) is 4. The molecule has 6 nitrogen and oxygen atoms in total. The molecule has 24 heavy (non-hydrogen) atoms. The Morgan fingerprint density at radius 3 is 2.75 bits per heavy atom. The van der Waals surface area contributed by atoms with Gasteiger partial charge in [0.25, 0.3) is 5.91 Å². The molecule has 0 unspecified atom stereocenters. The highest BCUT2D eigenvalue weighted by molar-refractivity contribution is 7.91. The van der Waals surface area contributed by atoms with Crippen molar-refractivity contribution in [3.63, 3.8) is 0 Å². The Kier molecular flexibility index (Phi) is 4.44. The smallest absolute Gasteiger partial charge is 0.268 e. The van der Waals surface area contributed by atoms with Crippen LogP contribution < -0.4 is 10.0 Å². The zero-order valence-electron chi connectivity index (χ0n) is 13.2. The average Bonchev–Trinajstić information content (AvgIpc) is 3.19. The van der Waals surface area contributed by atoms with Crippen LogP contribution in [0.4, 0.5) is 0 Å². The minimum Gasteiger partial charge on any atom is -0.351 e.